The van der Waals surface area contributed by atoms with E-state index in [2.05, 4.69) is 35.2 Å². The molecule has 1 aliphatic rings. The maximum Gasteiger partial charge on any atom is 0.223 e. The van der Waals surface area contributed by atoms with E-state index in [0.29, 0.717) is 18.0 Å². The van der Waals surface area contributed by atoms with Crippen molar-refractivity contribution in [2.75, 3.05) is 24.2 Å². The van der Waals surface area contributed by atoms with Gasteiger partial charge in [0.1, 0.15) is 10.6 Å². The number of thiophene rings is 1. The highest BCUT2D eigenvalue weighted by Gasteiger charge is 2.26. The number of aromatic nitrogens is 2. The summed E-state index contributed by atoms with van der Waals surface area (Å²) in [6.45, 7) is 5.99. The van der Waals surface area contributed by atoms with Gasteiger partial charge in [-0.05, 0) is 25.8 Å². The fraction of sp³-hybridized carbons (Fsp3) is 0.571. The minimum atomic E-state index is 0.330. The first-order valence-electron chi connectivity index (χ1n) is 7.06. The van der Waals surface area contributed by atoms with Gasteiger partial charge in [-0.1, -0.05) is 6.92 Å². The molecule has 2 aromatic rings. The average Bonchev–Trinajstić information content (AvgIpc) is 3.00. The van der Waals surface area contributed by atoms with Crippen molar-refractivity contribution in [1.82, 2.24) is 9.97 Å². The Morgan fingerprint density at radius 2 is 2.35 bits per heavy atom. The number of nitrogens with zero attached hydrogens (tertiary/aromatic N) is 2. The second kappa shape index (κ2) is 5.54. The summed E-state index contributed by atoms with van der Waals surface area (Å²) >= 11 is 1.65. The summed E-state index contributed by atoms with van der Waals surface area (Å²) in [6.07, 6.45) is 2.53. The number of hydrogen-bond donors (Lipinski definition) is 2. The minimum Gasteiger partial charge on any atom is -0.378 e. The summed E-state index contributed by atoms with van der Waals surface area (Å²) in [5.74, 6) is 1.72. The molecule has 0 bridgehead atoms. The van der Waals surface area contributed by atoms with E-state index in [9.17, 15) is 0 Å². The van der Waals surface area contributed by atoms with Crippen LogP contribution in [-0.4, -0.2) is 29.2 Å². The van der Waals surface area contributed by atoms with Crippen LogP contribution in [0.3, 0.4) is 0 Å². The largest absolute Gasteiger partial charge is 0.378 e. The molecule has 1 fully saturated rings. The van der Waals surface area contributed by atoms with Gasteiger partial charge in [0.25, 0.3) is 0 Å². The number of fused-ring (bicyclic) bond motifs is 1. The number of anilines is 2. The summed E-state index contributed by atoms with van der Waals surface area (Å²) in [7, 11) is 0. The van der Waals surface area contributed by atoms with Crippen LogP contribution in [0.15, 0.2) is 6.07 Å². The Bertz CT molecular complexity index is 612. The van der Waals surface area contributed by atoms with Gasteiger partial charge in [0, 0.05) is 23.9 Å². The zero-order valence-corrected chi connectivity index (χ0v) is 12.7. The average molecular weight is 292 g/mol. The molecule has 1 aliphatic heterocycles. The quantitative estimate of drug-likeness (QED) is 0.906. The Kier molecular flexibility index (Phi) is 3.76. The van der Waals surface area contributed by atoms with Crippen LogP contribution in [0.2, 0.25) is 0 Å². The van der Waals surface area contributed by atoms with Crippen LogP contribution in [0.4, 0.5) is 11.8 Å². The van der Waals surface area contributed by atoms with Gasteiger partial charge in [-0.2, -0.15) is 4.98 Å². The smallest absolute Gasteiger partial charge is 0.223 e. The Labute approximate surface area is 122 Å². The summed E-state index contributed by atoms with van der Waals surface area (Å²) in [4.78, 5) is 10.8. The highest BCUT2D eigenvalue weighted by molar-refractivity contribution is 7.18. The highest BCUT2D eigenvalue weighted by Crippen LogP contribution is 2.30. The molecule has 6 heteroatoms. The van der Waals surface area contributed by atoms with Gasteiger partial charge in [0.2, 0.25) is 5.95 Å². The lowest BCUT2D eigenvalue weighted by molar-refractivity contribution is 0.0900. The summed E-state index contributed by atoms with van der Waals surface area (Å²) < 4.78 is 5.72. The molecule has 0 aromatic carbocycles. The lowest BCUT2D eigenvalue weighted by Crippen LogP contribution is -2.23. The topological polar surface area (TPSA) is 73.1 Å². The third kappa shape index (κ3) is 2.58. The third-order valence-electron chi connectivity index (χ3n) is 3.81. The first-order chi connectivity index (χ1) is 9.67. The molecule has 0 saturated carbocycles. The van der Waals surface area contributed by atoms with Gasteiger partial charge < -0.3 is 15.8 Å². The van der Waals surface area contributed by atoms with Gasteiger partial charge in [-0.15, -0.1) is 11.3 Å². The van der Waals surface area contributed by atoms with Crippen molar-refractivity contribution in [1.29, 1.82) is 0 Å². The van der Waals surface area contributed by atoms with Gasteiger partial charge in [0.15, 0.2) is 0 Å². The summed E-state index contributed by atoms with van der Waals surface area (Å²) in [5, 5.41) is 4.51. The predicted molar refractivity (Wildman–Crippen MR) is 83.2 cm³/mol. The van der Waals surface area contributed by atoms with Crippen LogP contribution >= 0.6 is 11.3 Å². The van der Waals surface area contributed by atoms with E-state index in [0.717, 1.165) is 42.0 Å². The predicted octanol–water partition coefficient (Wildman–Crippen LogP) is 2.81. The van der Waals surface area contributed by atoms with Crippen molar-refractivity contribution in [3.05, 3.63) is 10.9 Å². The van der Waals surface area contributed by atoms with Gasteiger partial charge in [-0.3, -0.25) is 0 Å². The first-order valence-corrected chi connectivity index (χ1v) is 7.88. The molecule has 108 valence electrons. The zero-order chi connectivity index (χ0) is 14.1. The fourth-order valence-corrected chi connectivity index (χ4v) is 3.68. The maximum absolute atomic E-state index is 5.79. The SMILES string of the molecule is CCC1OCCC1CNc1nc(N)nc2sc(C)cc12. The van der Waals surface area contributed by atoms with Crippen molar-refractivity contribution in [2.45, 2.75) is 32.8 Å². The normalized spacial score (nSPS) is 22.5. The molecular weight excluding hydrogens is 272 g/mol. The zero-order valence-electron chi connectivity index (χ0n) is 11.8. The monoisotopic (exact) mass is 292 g/mol. The van der Waals surface area contributed by atoms with E-state index >= 15 is 0 Å². The Balaban J connectivity index is 1.80. The number of nitrogen functional groups attached to an aromatic ring is 1. The molecule has 5 nitrogen and oxygen atoms in total. The minimum absolute atomic E-state index is 0.330. The van der Waals surface area contributed by atoms with Crippen LogP contribution < -0.4 is 11.1 Å². The molecule has 0 amide bonds. The maximum atomic E-state index is 5.79. The van der Waals surface area contributed by atoms with E-state index in [-0.39, 0.29) is 0 Å². The van der Waals surface area contributed by atoms with Gasteiger partial charge in [-0.25, -0.2) is 4.98 Å². The number of hydrogen-bond acceptors (Lipinski definition) is 6. The molecule has 3 rings (SSSR count). The highest BCUT2D eigenvalue weighted by atomic mass is 32.1. The van der Waals surface area contributed by atoms with Crippen molar-refractivity contribution in [2.24, 2.45) is 5.92 Å². The van der Waals surface area contributed by atoms with E-state index in [4.69, 9.17) is 10.5 Å². The first kappa shape index (κ1) is 13.6. The second-order valence-corrected chi connectivity index (χ2v) is 6.49. The number of nitrogens with one attached hydrogen (secondary N) is 1. The molecule has 2 atom stereocenters. The summed E-state index contributed by atoms with van der Waals surface area (Å²) in [5.41, 5.74) is 5.79. The van der Waals surface area contributed by atoms with Crippen molar-refractivity contribution < 1.29 is 4.74 Å². The Hall–Kier alpha value is -1.40. The molecule has 3 N–H and O–H groups in total. The van der Waals surface area contributed by atoms with Crippen molar-refractivity contribution in [3.8, 4) is 0 Å². The molecule has 0 spiro atoms. The number of rotatable bonds is 4. The fourth-order valence-electron chi connectivity index (χ4n) is 2.80. The van der Waals surface area contributed by atoms with Crippen molar-refractivity contribution in [3.63, 3.8) is 0 Å². The third-order valence-corrected chi connectivity index (χ3v) is 4.76. The van der Waals surface area contributed by atoms with Crippen molar-refractivity contribution >= 4 is 33.3 Å². The van der Waals surface area contributed by atoms with E-state index < -0.39 is 0 Å². The molecular formula is C14H20N4OS. The van der Waals surface area contributed by atoms with E-state index in [1.807, 2.05) is 0 Å². The molecule has 2 aromatic heterocycles. The molecule has 3 heterocycles. The second-order valence-electron chi connectivity index (χ2n) is 5.25. The number of ether oxygens (including phenoxy) is 1. The number of aryl methyl sites for hydroxylation is 1. The molecule has 0 radical (unpaired) electrons. The lowest BCUT2D eigenvalue weighted by atomic mass is 10.00. The molecule has 1 saturated heterocycles. The van der Waals surface area contributed by atoms with E-state index in [1.165, 1.54) is 4.88 Å². The Morgan fingerprint density at radius 1 is 1.50 bits per heavy atom. The number of nitrogens with two attached hydrogens (primary N) is 1. The van der Waals surface area contributed by atoms with Crippen LogP contribution in [0, 0.1) is 12.8 Å². The van der Waals surface area contributed by atoms with E-state index in [1.54, 1.807) is 11.3 Å². The Morgan fingerprint density at radius 3 is 3.15 bits per heavy atom. The molecule has 0 aliphatic carbocycles. The lowest BCUT2D eigenvalue weighted by Gasteiger charge is -2.17. The standard InChI is InChI=1S/C14H20N4OS/c1-3-11-9(4-5-19-11)7-16-12-10-6-8(2)20-13(10)18-14(15)17-12/h6,9,11H,3-5,7H2,1-2H3,(H3,15,16,17,18). The van der Waals surface area contributed by atoms with Crippen LogP contribution in [0.5, 0.6) is 0 Å². The van der Waals surface area contributed by atoms with Gasteiger partial charge in [0.05, 0.1) is 11.5 Å². The van der Waals surface area contributed by atoms with Gasteiger partial charge >= 0.3 is 0 Å². The summed E-state index contributed by atoms with van der Waals surface area (Å²) in [6, 6.07) is 2.12. The van der Waals surface area contributed by atoms with Crippen LogP contribution in [-0.2, 0) is 4.74 Å². The molecule has 20 heavy (non-hydrogen) atoms. The molecule has 2 unspecified atom stereocenters. The van der Waals surface area contributed by atoms with Crippen LogP contribution in [0.25, 0.3) is 10.2 Å². The van der Waals surface area contributed by atoms with Crippen LogP contribution in [0.1, 0.15) is 24.6 Å².